The Morgan fingerprint density at radius 3 is 2.34 bits per heavy atom. The molecule has 0 radical (unpaired) electrons. The number of amides is 1. The van der Waals surface area contributed by atoms with Crippen molar-refractivity contribution >= 4 is 6.09 Å². The molecule has 0 aromatic heterocycles. The average molecular weight is 389 g/mol. The second-order valence-electron chi connectivity index (χ2n) is 7.24. The maximum Gasteiger partial charge on any atom is 0.410 e. The molecule has 3 aromatic carbocycles. The van der Waals surface area contributed by atoms with E-state index in [2.05, 4.69) is 0 Å². The van der Waals surface area contributed by atoms with Crippen LogP contribution >= 0.6 is 0 Å². The summed E-state index contributed by atoms with van der Waals surface area (Å²) < 4.78 is 5.54. The van der Waals surface area contributed by atoms with Gasteiger partial charge in [0.25, 0.3) is 0 Å². The Hall–Kier alpha value is -3.47. The van der Waals surface area contributed by atoms with Crippen LogP contribution in [0.25, 0.3) is 0 Å². The van der Waals surface area contributed by atoms with E-state index in [0.29, 0.717) is 19.5 Å². The van der Waals surface area contributed by atoms with Gasteiger partial charge in [0.2, 0.25) is 0 Å². The summed E-state index contributed by atoms with van der Waals surface area (Å²) in [5.74, 6) is -0.412. The highest BCUT2D eigenvalue weighted by Gasteiger charge is 2.29. The third kappa shape index (κ3) is 4.19. The third-order valence-corrected chi connectivity index (χ3v) is 5.33. The van der Waals surface area contributed by atoms with Crippen molar-refractivity contribution in [3.05, 3.63) is 95.1 Å². The van der Waals surface area contributed by atoms with Gasteiger partial charge in [-0.15, -0.1) is 0 Å². The maximum atomic E-state index is 12.8. The number of benzene rings is 3. The first kappa shape index (κ1) is 18.9. The molecular formula is C24H23NO4. The highest BCUT2D eigenvalue weighted by Crippen LogP contribution is 2.37. The quantitative estimate of drug-likeness (QED) is 0.651. The molecule has 2 N–H and O–H groups in total. The number of rotatable bonds is 3. The minimum atomic E-state index is -0.365. The summed E-state index contributed by atoms with van der Waals surface area (Å²) in [7, 11) is 0. The summed E-state index contributed by atoms with van der Waals surface area (Å²) in [5.41, 5.74) is 3.83. The first-order valence-corrected chi connectivity index (χ1v) is 9.67. The highest BCUT2D eigenvalue weighted by molar-refractivity contribution is 5.68. The average Bonchev–Trinajstić information content (AvgIpc) is 2.93. The summed E-state index contributed by atoms with van der Waals surface area (Å²) in [6, 6.07) is 22.7. The number of fused-ring (bicyclic) bond motifs is 1. The molecule has 1 aliphatic rings. The number of phenolic OH excluding ortho intramolecular Hbond substituents is 2. The van der Waals surface area contributed by atoms with Crippen LogP contribution in [0.3, 0.4) is 0 Å². The van der Waals surface area contributed by atoms with E-state index in [-0.39, 0.29) is 30.1 Å². The SMILES string of the molecule is O=C(OCc1ccccc1)N1CCc2cc(O)c(O)cc2C(c2ccccc2)C1. The normalized spacial score (nSPS) is 16.0. The first-order valence-electron chi connectivity index (χ1n) is 9.67. The molecule has 0 spiro atoms. The Balaban J connectivity index is 1.60. The van der Waals surface area contributed by atoms with E-state index in [4.69, 9.17) is 4.74 Å². The van der Waals surface area contributed by atoms with Gasteiger partial charge in [0.15, 0.2) is 11.5 Å². The van der Waals surface area contributed by atoms with Gasteiger partial charge in [-0.1, -0.05) is 60.7 Å². The molecule has 1 unspecified atom stereocenters. The zero-order valence-electron chi connectivity index (χ0n) is 16.0. The van der Waals surface area contributed by atoms with Crippen molar-refractivity contribution in [3.63, 3.8) is 0 Å². The predicted octanol–water partition coefficient (Wildman–Crippen LogP) is 4.42. The molecule has 29 heavy (non-hydrogen) atoms. The Bertz CT molecular complexity index is 989. The molecule has 5 nitrogen and oxygen atoms in total. The van der Waals surface area contributed by atoms with Gasteiger partial charge in [-0.25, -0.2) is 4.79 Å². The van der Waals surface area contributed by atoms with E-state index in [1.54, 1.807) is 17.0 Å². The molecule has 4 rings (SSSR count). The summed E-state index contributed by atoms with van der Waals surface area (Å²) in [6.07, 6.45) is 0.212. The van der Waals surface area contributed by atoms with Crippen molar-refractivity contribution in [1.29, 1.82) is 0 Å². The third-order valence-electron chi connectivity index (χ3n) is 5.33. The molecule has 0 aliphatic carbocycles. The van der Waals surface area contributed by atoms with Crippen molar-refractivity contribution in [2.24, 2.45) is 0 Å². The molecule has 148 valence electrons. The standard InChI is InChI=1S/C24H23NO4/c26-22-13-19-11-12-25(24(28)29-16-17-7-3-1-4-8-17)15-21(20(19)14-23(22)27)18-9-5-2-6-10-18/h1-10,13-14,21,26-27H,11-12,15-16H2. The number of phenols is 2. The number of ether oxygens (including phenoxy) is 1. The maximum absolute atomic E-state index is 12.8. The second-order valence-corrected chi connectivity index (χ2v) is 7.24. The van der Waals surface area contributed by atoms with Gasteiger partial charge in [-0.05, 0) is 40.8 Å². The van der Waals surface area contributed by atoms with Gasteiger partial charge in [0.1, 0.15) is 6.61 Å². The second kappa shape index (κ2) is 8.27. The van der Waals surface area contributed by atoms with E-state index >= 15 is 0 Å². The molecule has 5 heteroatoms. The lowest BCUT2D eigenvalue weighted by molar-refractivity contribution is 0.0964. The summed E-state index contributed by atoms with van der Waals surface area (Å²) in [4.78, 5) is 14.5. The van der Waals surface area contributed by atoms with Gasteiger partial charge in [-0.2, -0.15) is 0 Å². The zero-order chi connectivity index (χ0) is 20.2. The van der Waals surface area contributed by atoms with Gasteiger partial charge in [-0.3, -0.25) is 0 Å². The van der Waals surface area contributed by atoms with E-state index in [1.165, 1.54) is 0 Å². The van der Waals surface area contributed by atoms with Crippen LogP contribution in [0.15, 0.2) is 72.8 Å². The minimum Gasteiger partial charge on any atom is -0.504 e. The lowest BCUT2D eigenvalue weighted by atomic mass is 9.87. The van der Waals surface area contributed by atoms with Crippen LogP contribution in [0, 0.1) is 0 Å². The van der Waals surface area contributed by atoms with Crippen LogP contribution in [-0.2, 0) is 17.8 Å². The van der Waals surface area contributed by atoms with Gasteiger partial charge >= 0.3 is 6.09 Å². The van der Waals surface area contributed by atoms with E-state index in [1.807, 2.05) is 60.7 Å². The van der Waals surface area contributed by atoms with Gasteiger partial charge < -0.3 is 19.8 Å². The Kier molecular flexibility index (Phi) is 5.38. The van der Waals surface area contributed by atoms with Crippen molar-refractivity contribution in [1.82, 2.24) is 4.90 Å². The van der Waals surface area contributed by atoms with Crippen LogP contribution in [-0.4, -0.2) is 34.3 Å². The molecule has 0 bridgehead atoms. The number of carbonyl (C=O) groups is 1. The largest absolute Gasteiger partial charge is 0.504 e. The summed E-state index contributed by atoms with van der Waals surface area (Å²) >= 11 is 0. The van der Waals surface area contributed by atoms with Crippen molar-refractivity contribution in [3.8, 4) is 11.5 Å². The first-order chi connectivity index (χ1) is 14.1. The summed E-state index contributed by atoms with van der Waals surface area (Å²) in [6.45, 7) is 1.14. The van der Waals surface area contributed by atoms with Crippen LogP contribution in [0.1, 0.15) is 28.2 Å². The molecule has 0 saturated heterocycles. The summed E-state index contributed by atoms with van der Waals surface area (Å²) in [5, 5.41) is 20.0. The van der Waals surface area contributed by atoms with E-state index in [0.717, 1.165) is 22.3 Å². The Morgan fingerprint density at radius 1 is 0.966 bits per heavy atom. The molecule has 1 aliphatic heterocycles. The van der Waals surface area contributed by atoms with Crippen molar-refractivity contribution in [2.75, 3.05) is 13.1 Å². The molecule has 1 heterocycles. The van der Waals surface area contributed by atoms with Crippen LogP contribution < -0.4 is 0 Å². The number of carbonyl (C=O) groups excluding carboxylic acids is 1. The van der Waals surface area contributed by atoms with Gasteiger partial charge in [0, 0.05) is 19.0 Å². The fourth-order valence-corrected chi connectivity index (χ4v) is 3.79. The topological polar surface area (TPSA) is 70.0 Å². The molecule has 1 amide bonds. The number of hydrogen-bond donors (Lipinski definition) is 2. The Labute approximate surface area is 169 Å². The monoisotopic (exact) mass is 389 g/mol. The number of hydrogen-bond acceptors (Lipinski definition) is 4. The van der Waals surface area contributed by atoms with Crippen molar-refractivity contribution in [2.45, 2.75) is 18.9 Å². The van der Waals surface area contributed by atoms with Crippen LogP contribution in [0.2, 0.25) is 0 Å². The van der Waals surface area contributed by atoms with Crippen molar-refractivity contribution < 1.29 is 19.7 Å². The zero-order valence-corrected chi connectivity index (χ0v) is 16.0. The number of nitrogens with zero attached hydrogens (tertiary/aromatic N) is 1. The fraction of sp³-hybridized carbons (Fsp3) is 0.208. The molecule has 3 aromatic rings. The molecular weight excluding hydrogens is 366 g/mol. The van der Waals surface area contributed by atoms with E-state index < -0.39 is 0 Å². The highest BCUT2D eigenvalue weighted by atomic mass is 16.6. The minimum absolute atomic E-state index is 0.121. The lowest BCUT2D eigenvalue weighted by Crippen LogP contribution is -2.35. The van der Waals surface area contributed by atoms with Crippen LogP contribution in [0.4, 0.5) is 4.79 Å². The molecule has 0 fully saturated rings. The van der Waals surface area contributed by atoms with Crippen LogP contribution in [0.5, 0.6) is 11.5 Å². The predicted molar refractivity (Wildman–Crippen MR) is 110 cm³/mol. The molecule has 1 atom stereocenters. The lowest BCUT2D eigenvalue weighted by Gasteiger charge is -2.25. The molecule has 0 saturated carbocycles. The van der Waals surface area contributed by atoms with E-state index in [9.17, 15) is 15.0 Å². The van der Waals surface area contributed by atoms with Gasteiger partial charge in [0.05, 0.1) is 0 Å². The Morgan fingerprint density at radius 2 is 1.62 bits per heavy atom. The fourth-order valence-electron chi connectivity index (χ4n) is 3.79. The smallest absolute Gasteiger partial charge is 0.410 e. The number of aromatic hydroxyl groups is 2.